The zero-order valence-electron chi connectivity index (χ0n) is 5.36. The first-order valence-electron chi connectivity index (χ1n) is 2.53. The molecule has 0 nitrogen and oxygen atoms in total. The number of hydrogen-bond acceptors (Lipinski definition) is 0. The Morgan fingerprint density at radius 1 is 1.29 bits per heavy atom. The van der Waals surface area contributed by atoms with Crippen LogP contribution in [0.2, 0.25) is 0 Å². The van der Waals surface area contributed by atoms with Crippen LogP contribution in [0.4, 0.5) is 0 Å². The van der Waals surface area contributed by atoms with E-state index in [1.165, 1.54) is 0 Å². The maximum atomic E-state index is 3.59. The molecule has 7 heavy (non-hydrogen) atoms. The second kappa shape index (κ2) is 2.15. The van der Waals surface area contributed by atoms with Crippen molar-refractivity contribution in [3.63, 3.8) is 0 Å². The number of allylic oxidation sites excluding steroid dienone is 2. The van der Waals surface area contributed by atoms with Crippen molar-refractivity contribution in [3.05, 3.63) is 19.1 Å². The minimum Gasteiger partial charge on any atom is -0.0877 e. The highest BCUT2D eigenvalue weighted by atomic mass is 14.1. The van der Waals surface area contributed by atoms with Crippen molar-refractivity contribution in [2.24, 2.45) is 5.41 Å². The van der Waals surface area contributed by atoms with Gasteiger partial charge in [-0.3, -0.25) is 0 Å². The molecule has 0 spiro atoms. The Hall–Kier alpha value is -0.260. The summed E-state index contributed by atoms with van der Waals surface area (Å²) in [5.74, 6) is 0. The Kier molecular flexibility index (Phi) is 2.07. The molecular weight excluding hydrogens is 84.1 g/mol. The van der Waals surface area contributed by atoms with Gasteiger partial charge in [-0.05, 0) is 12.3 Å². The maximum absolute atomic E-state index is 3.59. The second-order valence-corrected chi connectivity index (χ2v) is 2.77. The van der Waals surface area contributed by atoms with Crippen molar-refractivity contribution in [2.75, 3.05) is 0 Å². The maximum Gasteiger partial charge on any atom is -0.0203 e. The van der Waals surface area contributed by atoms with Crippen LogP contribution in [0.15, 0.2) is 12.2 Å². The molecule has 0 saturated heterocycles. The number of rotatable bonds is 0. The Labute approximate surface area is 46.2 Å². The van der Waals surface area contributed by atoms with E-state index in [2.05, 4.69) is 33.8 Å². The summed E-state index contributed by atoms with van der Waals surface area (Å²) in [6.07, 6.45) is 3.91. The van der Waals surface area contributed by atoms with Gasteiger partial charge in [0.25, 0.3) is 0 Å². The van der Waals surface area contributed by atoms with Crippen LogP contribution in [0.1, 0.15) is 20.8 Å². The molecule has 0 atom stereocenters. The van der Waals surface area contributed by atoms with E-state index in [4.69, 9.17) is 0 Å². The highest BCUT2D eigenvalue weighted by Gasteiger charge is 2.00. The summed E-state index contributed by atoms with van der Waals surface area (Å²) in [7, 11) is 0. The Balaban J connectivity index is 3.56. The highest BCUT2D eigenvalue weighted by Crippen LogP contribution is 2.13. The summed E-state index contributed by atoms with van der Waals surface area (Å²) >= 11 is 0. The molecule has 0 aliphatic heterocycles. The molecule has 0 heteroatoms. The van der Waals surface area contributed by atoms with Crippen molar-refractivity contribution >= 4 is 0 Å². The van der Waals surface area contributed by atoms with E-state index in [1.54, 1.807) is 0 Å². The largest absolute Gasteiger partial charge is 0.0877 e. The van der Waals surface area contributed by atoms with Crippen LogP contribution in [0.3, 0.4) is 0 Å². The lowest BCUT2D eigenvalue weighted by Gasteiger charge is -2.09. The molecule has 0 aromatic rings. The van der Waals surface area contributed by atoms with Crippen molar-refractivity contribution < 1.29 is 0 Å². The molecule has 0 bridgehead atoms. The van der Waals surface area contributed by atoms with Gasteiger partial charge in [0, 0.05) is 0 Å². The van der Waals surface area contributed by atoms with Crippen LogP contribution >= 0.6 is 0 Å². The molecule has 0 aromatic heterocycles. The van der Waals surface area contributed by atoms with Gasteiger partial charge in [-0.25, -0.2) is 0 Å². The third-order valence-corrected chi connectivity index (χ3v) is 0.618. The fourth-order valence-electron chi connectivity index (χ4n) is 0.354. The van der Waals surface area contributed by atoms with E-state index in [0.717, 1.165) is 0 Å². The molecule has 1 radical (unpaired) electrons. The van der Waals surface area contributed by atoms with E-state index in [1.807, 2.05) is 6.08 Å². The molecule has 0 fully saturated rings. The predicted octanol–water partition coefficient (Wildman–Crippen LogP) is 2.42. The minimum atomic E-state index is 0.307. The average molecular weight is 97.2 g/mol. The number of hydrogen-bond donors (Lipinski definition) is 0. The zero-order chi connectivity index (χ0) is 5.91. The first kappa shape index (κ1) is 6.74. The third-order valence-electron chi connectivity index (χ3n) is 0.618. The van der Waals surface area contributed by atoms with Gasteiger partial charge in [-0.15, -0.1) is 0 Å². The van der Waals surface area contributed by atoms with E-state index >= 15 is 0 Å². The van der Waals surface area contributed by atoms with E-state index in [-0.39, 0.29) is 0 Å². The van der Waals surface area contributed by atoms with E-state index in [9.17, 15) is 0 Å². The summed E-state index contributed by atoms with van der Waals surface area (Å²) in [6.45, 7) is 10.0. The van der Waals surface area contributed by atoms with Gasteiger partial charge in [0.05, 0.1) is 0 Å². The molecule has 0 rings (SSSR count). The van der Waals surface area contributed by atoms with Crippen LogP contribution in [-0.4, -0.2) is 0 Å². The monoisotopic (exact) mass is 97.1 g/mol. The van der Waals surface area contributed by atoms with Gasteiger partial charge in [0.1, 0.15) is 0 Å². The Bertz CT molecular complexity index is 62.6. The normalized spacial score (nSPS) is 13.1. The fourth-order valence-corrected chi connectivity index (χ4v) is 0.354. The second-order valence-electron chi connectivity index (χ2n) is 2.77. The molecule has 0 aliphatic carbocycles. The zero-order valence-corrected chi connectivity index (χ0v) is 5.36. The molecule has 0 saturated carbocycles. The van der Waals surface area contributed by atoms with Gasteiger partial charge in [-0.2, -0.15) is 0 Å². The lowest BCUT2D eigenvalue weighted by molar-refractivity contribution is 0.544. The summed E-state index contributed by atoms with van der Waals surface area (Å²) < 4.78 is 0. The van der Waals surface area contributed by atoms with Gasteiger partial charge in [0.15, 0.2) is 0 Å². The lowest BCUT2D eigenvalue weighted by atomic mass is 9.97. The molecule has 41 valence electrons. The molecule has 0 aromatic carbocycles. The molecular formula is C7H13. The first-order valence-corrected chi connectivity index (χ1v) is 2.53. The third kappa shape index (κ3) is 5.74. The summed E-state index contributed by atoms with van der Waals surface area (Å²) in [4.78, 5) is 0. The summed E-state index contributed by atoms with van der Waals surface area (Å²) in [5, 5.41) is 0. The quantitative estimate of drug-likeness (QED) is 0.435. The SMILES string of the molecule is [CH2]/C=C/C(C)(C)C. The highest BCUT2D eigenvalue weighted by molar-refractivity contribution is 4.93. The predicted molar refractivity (Wildman–Crippen MR) is 34.0 cm³/mol. The first-order chi connectivity index (χ1) is 3.06. The average Bonchev–Trinajstić information content (AvgIpc) is 1.30. The summed E-state index contributed by atoms with van der Waals surface area (Å²) in [5.41, 5.74) is 0.307. The van der Waals surface area contributed by atoms with Gasteiger partial charge >= 0.3 is 0 Å². The van der Waals surface area contributed by atoms with Crippen LogP contribution in [-0.2, 0) is 0 Å². The lowest BCUT2D eigenvalue weighted by Crippen LogP contribution is -1.97. The van der Waals surface area contributed by atoms with Gasteiger partial charge < -0.3 is 0 Å². The van der Waals surface area contributed by atoms with Crippen molar-refractivity contribution in [1.82, 2.24) is 0 Å². The molecule has 0 amide bonds. The van der Waals surface area contributed by atoms with Gasteiger partial charge in [0.2, 0.25) is 0 Å². The van der Waals surface area contributed by atoms with Crippen molar-refractivity contribution in [3.8, 4) is 0 Å². The van der Waals surface area contributed by atoms with Crippen molar-refractivity contribution in [2.45, 2.75) is 20.8 Å². The fraction of sp³-hybridized carbons (Fsp3) is 0.571. The van der Waals surface area contributed by atoms with E-state index in [0.29, 0.717) is 5.41 Å². The molecule has 0 heterocycles. The minimum absolute atomic E-state index is 0.307. The smallest absolute Gasteiger partial charge is 0.0203 e. The topological polar surface area (TPSA) is 0 Å². The standard InChI is InChI=1S/C7H13/c1-5-6-7(2,3)4/h5-6H,1H2,2-4H3/b6-5+. The summed E-state index contributed by atoms with van der Waals surface area (Å²) in [6, 6.07) is 0. The van der Waals surface area contributed by atoms with Crippen molar-refractivity contribution in [1.29, 1.82) is 0 Å². The van der Waals surface area contributed by atoms with Gasteiger partial charge in [-0.1, -0.05) is 32.9 Å². The Morgan fingerprint density at radius 2 is 1.71 bits per heavy atom. The van der Waals surface area contributed by atoms with Crippen LogP contribution in [0.25, 0.3) is 0 Å². The van der Waals surface area contributed by atoms with E-state index < -0.39 is 0 Å². The molecule has 0 unspecified atom stereocenters. The molecule has 0 aliphatic rings. The Morgan fingerprint density at radius 3 is 1.71 bits per heavy atom. The van der Waals surface area contributed by atoms with Crippen LogP contribution in [0, 0.1) is 12.3 Å². The van der Waals surface area contributed by atoms with Crippen LogP contribution < -0.4 is 0 Å². The molecule has 0 N–H and O–H groups in total. The van der Waals surface area contributed by atoms with Crippen LogP contribution in [0.5, 0.6) is 0 Å².